The van der Waals surface area contributed by atoms with Crippen LogP contribution in [0.1, 0.15) is 20.3 Å². The highest BCUT2D eigenvalue weighted by Crippen LogP contribution is 2.53. The van der Waals surface area contributed by atoms with Crippen molar-refractivity contribution in [2.24, 2.45) is 17.6 Å². The van der Waals surface area contributed by atoms with E-state index in [-0.39, 0.29) is 16.9 Å². The van der Waals surface area contributed by atoms with Crippen molar-refractivity contribution in [1.29, 1.82) is 0 Å². The van der Waals surface area contributed by atoms with Crippen LogP contribution in [-0.2, 0) is 18.7 Å². The Hall–Kier alpha value is -0.590. The Kier molecular flexibility index (Phi) is 7.62. The van der Waals surface area contributed by atoms with Crippen molar-refractivity contribution in [1.82, 2.24) is 10.2 Å². The SMILES string of the molecule is C[C@@H](O)[C@H]1C(=O)N2C(C(=O)OP(=O)(O)O)=C(S[C@@H]3CN[C@H](CSCCN)C3)[C@H](C)[C@H]12. The molecule has 13 heteroatoms. The van der Waals surface area contributed by atoms with Gasteiger partial charge in [-0.25, -0.2) is 9.36 Å². The summed E-state index contributed by atoms with van der Waals surface area (Å²) in [5, 5.41) is 13.6. The molecule has 0 saturated carbocycles. The van der Waals surface area contributed by atoms with Crippen molar-refractivity contribution >= 4 is 43.2 Å². The molecule has 170 valence electrons. The molecule has 0 unspecified atom stereocenters. The van der Waals surface area contributed by atoms with Gasteiger partial charge in [-0.2, -0.15) is 11.8 Å². The van der Waals surface area contributed by atoms with E-state index in [1.165, 1.54) is 23.6 Å². The van der Waals surface area contributed by atoms with E-state index < -0.39 is 37.8 Å². The molecule has 2 fully saturated rings. The Morgan fingerprint density at radius 2 is 2.17 bits per heavy atom. The number of nitrogens with one attached hydrogen (secondary N) is 1. The lowest BCUT2D eigenvalue weighted by molar-refractivity contribution is -0.162. The van der Waals surface area contributed by atoms with Crippen molar-refractivity contribution in [2.75, 3.05) is 24.6 Å². The topological polar surface area (TPSA) is 162 Å². The van der Waals surface area contributed by atoms with E-state index in [0.717, 1.165) is 17.9 Å². The molecule has 2 saturated heterocycles. The summed E-state index contributed by atoms with van der Waals surface area (Å²) in [6.45, 7) is 4.72. The smallest absolute Gasteiger partial charge is 0.393 e. The van der Waals surface area contributed by atoms with Crippen molar-refractivity contribution in [3.05, 3.63) is 10.6 Å². The molecular weight excluding hydrogens is 453 g/mol. The molecule has 0 aliphatic carbocycles. The molecular formula is C17H28N3O7PS2. The van der Waals surface area contributed by atoms with Crippen molar-refractivity contribution in [3.8, 4) is 0 Å². The molecule has 0 aromatic carbocycles. The normalized spacial score (nSPS) is 32.3. The number of phosphoric acid groups is 1. The maximum absolute atomic E-state index is 12.6. The van der Waals surface area contributed by atoms with Gasteiger partial charge in [-0.05, 0) is 13.3 Å². The number of carbonyl (C=O) groups is 2. The van der Waals surface area contributed by atoms with E-state index in [4.69, 9.17) is 15.5 Å². The summed E-state index contributed by atoms with van der Waals surface area (Å²) in [5.74, 6) is -0.742. The number of thioether (sulfide) groups is 2. The van der Waals surface area contributed by atoms with Gasteiger partial charge in [0.2, 0.25) is 5.91 Å². The number of fused-ring (bicyclic) bond motifs is 1. The molecule has 3 rings (SSSR count). The highest BCUT2D eigenvalue weighted by molar-refractivity contribution is 8.03. The molecule has 6 atom stereocenters. The minimum Gasteiger partial charge on any atom is -0.393 e. The van der Waals surface area contributed by atoms with Crippen LogP contribution in [0.5, 0.6) is 0 Å². The van der Waals surface area contributed by atoms with E-state index in [1.807, 2.05) is 6.92 Å². The van der Waals surface area contributed by atoms with E-state index >= 15 is 0 Å². The fourth-order valence-corrected chi connectivity index (χ4v) is 7.00. The van der Waals surface area contributed by atoms with Gasteiger partial charge in [-0.1, -0.05) is 6.92 Å². The van der Waals surface area contributed by atoms with Crippen molar-refractivity contribution in [2.45, 2.75) is 43.7 Å². The first kappa shape index (κ1) is 24.1. The van der Waals surface area contributed by atoms with E-state index in [1.54, 1.807) is 11.8 Å². The fourth-order valence-electron chi connectivity index (χ4n) is 4.31. The highest BCUT2D eigenvalue weighted by Gasteiger charge is 2.60. The first-order valence-corrected chi connectivity index (χ1v) is 13.3. The number of carbonyl (C=O) groups excluding carboxylic acids is 2. The number of β-lactam (4-membered cyclic amide) rings is 1. The molecule has 30 heavy (non-hydrogen) atoms. The predicted octanol–water partition coefficient (Wildman–Crippen LogP) is -0.153. The Labute approximate surface area is 183 Å². The average Bonchev–Trinajstić information content (AvgIpc) is 3.16. The van der Waals surface area contributed by atoms with Gasteiger partial charge in [0.05, 0.1) is 18.1 Å². The molecule has 3 aliphatic rings. The number of phosphoric ester groups is 1. The lowest BCUT2D eigenvalue weighted by atomic mass is 9.79. The number of rotatable bonds is 9. The highest BCUT2D eigenvalue weighted by atomic mass is 32.2. The third kappa shape index (κ3) is 4.91. The number of nitrogens with zero attached hydrogens (tertiary/aromatic N) is 1. The molecule has 0 aromatic heterocycles. The van der Waals surface area contributed by atoms with E-state index in [0.29, 0.717) is 24.0 Å². The quantitative estimate of drug-likeness (QED) is 0.169. The van der Waals surface area contributed by atoms with Gasteiger partial charge >= 0.3 is 13.8 Å². The standard InChI is InChI=1S/C17H28N3O7PS2/c1-8-13-12(9(2)21)16(22)20(13)14(17(23)27-28(24,25)26)15(8)30-11-5-10(19-6-11)7-29-4-3-18/h8-13,19,21H,3-7,18H2,1-2H3,(H2,24,25,26)/t8-,9-,10+,11+,12-,13-/m1/s1. The minimum atomic E-state index is -5.06. The Morgan fingerprint density at radius 3 is 2.77 bits per heavy atom. The Morgan fingerprint density at radius 1 is 1.47 bits per heavy atom. The molecule has 0 radical (unpaired) electrons. The lowest BCUT2D eigenvalue weighted by Gasteiger charge is -2.46. The van der Waals surface area contributed by atoms with Gasteiger partial charge in [0.15, 0.2) is 0 Å². The summed E-state index contributed by atoms with van der Waals surface area (Å²) in [6, 6.07) is -0.115. The van der Waals surface area contributed by atoms with Crippen LogP contribution in [-0.4, -0.2) is 79.7 Å². The van der Waals surface area contributed by atoms with Crippen LogP contribution >= 0.6 is 31.3 Å². The number of amides is 1. The molecule has 3 aliphatic heterocycles. The van der Waals surface area contributed by atoms with Crippen molar-refractivity contribution < 1.29 is 33.6 Å². The number of nitrogens with two attached hydrogens (primary N) is 1. The maximum Gasteiger partial charge on any atom is 0.527 e. The molecule has 10 nitrogen and oxygen atoms in total. The maximum atomic E-state index is 12.6. The van der Waals surface area contributed by atoms with Crippen LogP contribution < -0.4 is 11.1 Å². The van der Waals surface area contributed by atoms with Crippen LogP contribution in [0.4, 0.5) is 0 Å². The van der Waals surface area contributed by atoms with Crippen LogP contribution in [0.2, 0.25) is 0 Å². The Bertz CT molecular complexity index is 774. The monoisotopic (exact) mass is 481 g/mol. The first-order valence-electron chi connectivity index (χ1n) is 9.77. The molecule has 0 bridgehead atoms. The van der Waals surface area contributed by atoms with Crippen molar-refractivity contribution in [3.63, 3.8) is 0 Å². The first-order chi connectivity index (χ1) is 14.0. The van der Waals surface area contributed by atoms with Crippen LogP contribution in [0, 0.1) is 11.8 Å². The largest absolute Gasteiger partial charge is 0.527 e. The predicted molar refractivity (Wildman–Crippen MR) is 114 cm³/mol. The number of hydrogen-bond acceptors (Lipinski definition) is 9. The second-order valence-electron chi connectivity index (χ2n) is 7.78. The summed E-state index contributed by atoms with van der Waals surface area (Å²) in [7, 11) is -5.06. The van der Waals surface area contributed by atoms with Gasteiger partial charge in [-0.15, -0.1) is 11.8 Å². The number of hydrogen-bond donors (Lipinski definition) is 5. The average molecular weight is 482 g/mol. The van der Waals surface area contributed by atoms with Crippen LogP contribution in [0.15, 0.2) is 10.6 Å². The summed E-state index contributed by atoms with van der Waals surface area (Å²) >= 11 is 3.22. The van der Waals surface area contributed by atoms with Gasteiger partial charge in [-0.3, -0.25) is 14.6 Å². The van der Waals surface area contributed by atoms with E-state index in [2.05, 4.69) is 9.84 Å². The summed E-state index contributed by atoms with van der Waals surface area (Å²) in [5.41, 5.74) is 5.42. The fraction of sp³-hybridized carbons (Fsp3) is 0.765. The summed E-state index contributed by atoms with van der Waals surface area (Å²) < 4.78 is 15.5. The number of aliphatic hydroxyl groups excluding tert-OH is 1. The zero-order valence-corrected chi connectivity index (χ0v) is 19.3. The van der Waals surface area contributed by atoms with Gasteiger partial charge in [0.1, 0.15) is 5.70 Å². The van der Waals surface area contributed by atoms with Crippen LogP contribution in [0.3, 0.4) is 0 Å². The van der Waals surface area contributed by atoms with Crippen LogP contribution in [0.25, 0.3) is 0 Å². The molecule has 0 aromatic rings. The third-order valence-corrected chi connectivity index (χ3v) is 8.64. The van der Waals surface area contributed by atoms with Gasteiger partial charge < -0.3 is 25.6 Å². The zero-order valence-electron chi connectivity index (χ0n) is 16.8. The molecule has 3 heterocycles. The zero-order chi connectivity index (χ0) is 22.2. The van der Waals surface area contributed by atoms with Gasteiger partial charge in [0, 0.05) is 46.7 Å². The lowest BCUT2D eigenvalue weighted by Crippen LogP contribution is -2.63. The second-order valence-corrected chi connectivity index (χ2v) is 11.4. The molecule has 1 amide bonds. The number of aliphatic hydroxyl groups is 1. The molecule has 0 spiro atoms. The summed E-state index contributed by atoms with van der Waals surface area (Å²) in [6.07, 6.45) is -0.0285. The van der Waals surface area contributed by atoms with Gasteiger partial charge in [0.25, 0.3) is 0 Å². The van der Waals surface area contributed by atoms with E-state index in [9.17, 15) is 19.3 Å². The Balaban J connectivity index is 1.79. The molecule has 6 N–H and O–H groups in total. The second kappa shape index (κ2) is 9.50. The summed E-state index contributed by atoms with van der Waals surface area (Å²) in [4.78, 5) is 45.1. The minimum absolute atomic E-state index is 0.108. The third-order valence-electron chi connectivity index (χ3n) is 5.56.